The van der Waals surface area contributed by atoms with Crippen LogP contribution in [0.25, 0.3) is 0 Å². The molecule has 0 aliphatic carbocycles. The molecule has 5 nitrogen and oxygen atoms in total. The van der Waals surface area contributed by atoms with Crippen LogP contribution in [0.1, 0.15) is 30.6 Å². The summed E-state index contributed by atoms with van der Waals surface area (Å²) in [4.78, 5) is 13.9. The predicted octanol–water partition coefficient (Wildman–Crippen LogP) is 2.06. The first-order valence-corrected chi connectivity index (χ1v) is 6.95. The molecule has 1 saturated heterocycles. The zero-order valence-corrected chi connectivity index (χ0v) is 12.3. The standard InChI is InChI=1S/C15H22N2O3/c1-4-19-15(18)11-5-6-12(16)14(9-11)17(3)13-7-8-20-10(13)2/h5-6,9-10,13H,4,7-8,16H2,1-3H3. The number of ether oxygens (including phenoxy) is 2. The number of carbonyl (C=O) groups is 1. The highest BCUT2D eigenvalue weighted by Gasteiger charge is 2.29. The quantitative estimate of drug-likeness (QED) is 0.674. The van der Waals surface area contributed by atoms with Crippen LogP contribution in [0.2, 0.25) is 0 Å². The van der Waals surface area contributed by atoms with Crippen molar-refractivity contribution in [3.8, 4) is 0 Å². The molecule has 1 aromatic carbocycles. The van der Waals surface area contributed by atoms with Crippen molar-refractivity contribution < 1.29 is 14.3 Å². The molecule has 1 fully saturated rings. The number of nitrogen functional groups attached to an aromatic ring is 1. The SMILES string of the molecule is CCOC(=O)c1ccc(N)c(N(C)C2CCOC2C)c1. The second kappa shape index (κ2) is 6.13. The maximum Gasteiger partial charge on any atom is 0.338 e. The fraction of sp³-hybridized carbons (Fsp3) is 0.533. The largest absolute Gasteiger partial charge is 0.462 e. The average molecular weight is 278 g/mol. The van der Waals surface area contributed by atoms with E-state index in [1.807, 2.05) is 7.05 Å². The molecule has 0 radical (unpaired) electrons. The number of hydrogen-bond donors (Lipinski definition) is 1. The molecule has 2 N–H and O–H groups in total. The van der Waals surface area contributed by atoms with Gasteiger partial charge in [0.05, 0.1) is 35.7 Å². The molecule has 2 unspecified atom stereocenters. The Balaban J connectivity index is 2.26. The smallest absolute Gasteiger partial charge is 0.338 e. The molecule has 2 rings (SSSR count). The first-order chi connectivity index (χ1) is 9.54. The Hall–Kier alpha value is -1.75. The highest BCUT2D eigenvalue weighted by Crippen LogP contribution is 2.29. The summed E-state index contributed by atoms with van der Waals surface area (Å²) in [5, 5.41) is 0. The summed E-state index contributed by atoms with van der Waals surface area (Å²) < 4.78 is 10.6. The lowest BCUT2D eigenvalue weighted by atomic mass is 10.1. The molecule has 1 aliphatic heterocycles. The van der Waals surface area contributed by atoms with Gasteiger partial charge in [0.15, 0.2) is 0 Å². The Kier molecular flexibility index (Phi) is 4.49. The third kappa shape index (κ3) is 2.88. The van der Waals surface area contributed by atoms with Crippen molar-refractivity contribution in [3.05, 3.63) is 23.8 Å². The number of carbonyl (C=O) groups excluding carboxylic acids is 1. The molecule has 0 aromatic heterocycles. The van der Waals surface area contributed by atoms with Gasteiger partial charge < -0.3 is 20.1 Å². The molecule has 5 heteroatoms. The van der Waals surface area contributed by atoms with Gasteiger partial charge >= 0.3 is 5.97 Å². The van der Waals surface area contributed by atoms with Crippen LogP contribution in [0.3, 0.4) is 0 Å². The van der Waals surface area contributed by atoms with Gasteiger partial charge in [-0.15, -0.1) is 0 Å². The topological polar surface area (TPSA) is 64.8 Å². The molecule has 1 heterocycles. The molecular formula is C15H22N2O3. The van der Waals surface area contributed by atoms with Crippen molar-refractivity contribution in [3.63, 3.8) is 0 Å². The van der Waals surface area contributed by atoms with Crippen LogP contribution in [0.15, 0.2) is 18.2 Å². The first kappa shape index (κ1) is 14.7. The molecule has 0 bridgehead atoms. The van der Waals surface area contributed by atoms with Crippen LogP contribution in [-0.4, -0.2) is 38.4 Å². The maximum absolute atomic E-state index is 11.8. The molecule has 110 valence electrons. The Morgan fingerprint density at radius 1 is 1.55 bits per heavy atom. The van der Waals surface area contributed by atoms with Crippen LogP contribution in [0.5, 0.6) is 0 Å². The molecule has 1 aromatic rings. The Bertz CT molecular complexity index is 490. The van der Waals surface area contributed by atoms with Crippen LogP contribution < -0.4 is 10.6 Å². The van der Waals surface area contributed by atoms with Crippen LogP contribution in [0, 0.1) is 0 Å². The van der Waals surface area contributed by atoms with E-state index in [0.29, 0.717) is 17.9 Å². The Labute approximate surface area is 119 Å². The lowest BCUT2D eigenvalue weighted by Crippen LogP contribution is -2.37. The van der Waals surface area contributed by atoms with E-state index in [9.17, 15) is 4.79 Å². The summed E-state index contributed by atoms with van der Waals surface area (Å²) in [5.74, 6) is -0.321. The number of rotatable bonds is 4. The van der Waals surface area contributed by atoms with Crippen molar-refractivity contribution in [2.45, 2.75) is 32.4 Å². The zero-order chi connectivity index (χ0) is 14.7. The Morgan fingerprint density at radius 2 is 2.30 bits per heavy atom. The van der Waals surface area contributed by atoms with Gasteiger partial charge in [-0.2, -0.15) is 0 Å². The van der Waals surface area contributed by atoms with Gasteiger partial charge in [-0.25, -0.2) is 4.79 Å². The van der Waals surface area contributed by atoms with Gasteiger partial charge in [0.25, 0.3) is 0 Å². The summed E-state index contributed by atoms with van der Waals surface area (Å²) >= 11 is 0. The number of nitrogens with zero attached hydrogens (tertiary/aromatic N) is 1. The molecule has 0 amide bonds. The minimum Gasteiger partial charge on any atom is -0.462 e. The number of esters is 1. The van der Waals surface area contributed by atoms with Gasteiger partial charge in [-0.05, 0) is 38.5 Å². The minimum absolute atomic E-state index is 0.158. The number of hydrogen-bond acceptors (Lipinski definition) is 5. The van der Waals surface area contributed by atoms with E-state index in [4.69, 9.17) is 15.2 Å². The monoisotopic (exact) mass is 278 g/mol. The van der Waals surface area contributed by atoms with E-state index in [0.717, 1.165) is 18.7 Å². The lowest BCUT2D eigenvalue weighted by molar-refractivity contribution is 0.0526. The summed E-state index contributed by atoms with van der Waals surface area (Å²) in [6, 6.07) is 5.51. The summed E-state index contributed by atoms with van der Waals surface area (Å²) in [7, 11) is 1.98. The number of likely N-dealkylation sites (N-methyl/N-ethyl adjacent to an activating group) is 1. The minimum atomic E-state index is -0.321. The van der Waals surface area contributed by atoms with E-state index in [1.54, 1.807) is 25.1 Å². The van der Waals surface area contributed by atoms with Crippen molar-refractivity contribution in [1.29, 1.82) is 0 Å². The highest BCUT2D eigenvalue weighted by molar-refractivity contribution is 5.92. The second-order valence-corrected chi connectivity index (χ2v) is 5.04. The van der Waals surface area contributed by atoms with Crippen LogP contribution in [-0.2, 0) is 9.47 Å². The highest BCUT2D eigenvalue weighted by atomic mass is 16.5. The molecule has 1 aliphatic rings. The van der Waals surface area contributed by atoms with Crippen molar-refractivity contribution >= 4 is 17.3 Å². The maximum atomic E-state index is 11.8. The molecule has 0 saturated carbocycles. The van der Waals surface area contributed by atoms with E-state index < -0.39 is 0 Å². The van der Waals surface area contributed by atoms with Crippen molar-refractivity contribution in [1.82, 2.24) is 0 Å². The van der Waals surface area contributed by atoms with Crippen molar-refractivity contribution in [2.75, 3.05) is 30.9 Å². The van der Waals surface area contributed by atoms with Gasteiger partial charge in [-0.1, -0.05) is 0 Å². The average Bonchev–Trinajstić information content (AvgIpc) is 2.85. The number of anilines is 2. The van der Waals surface area contributed by atoms with E-state index in [1.165, 1.54) is 0 Å². The van der Waals surface area contributed by atoms with Gasteiger partial charge in [0.1, 0.15) is 0 Å². The van der Waals surface area contributed by atoms with Gasteiger partial charge in [0.2, 0.25) is 0 Å². The number of nitrogens with two attached hydrogens (primary N) is 1. The molecule has 20 heavy (non-hydrogen) atoms. The summed E-state index contributed by atoms with van der Waals surface area (Å²) in [6.45, 7) is 4.97. The second-order valence-electron chi connectivity index (χ2n) is 5.04. The van der Waals surface area contributed by atoms with Gasteiger partial charge in [-0.3, -0.25) is 0 Å². The first-order valence-electron chi connectivity index (χ1n) is 6.95. The Morgan fingerprint density at radius 3 is 2.90 bits per heavy atom. The molecular weight excluding hydrogens is 256 g/mol. The predicted molar refractivity (Wildman–Crippen MR) is 79.0 cm³/mol. The zero-order valence-electron chi connectivity index (χ0n) is 12.3. The van der Waals surface area contributed by atoms with E-state index >= 15 is 0 Å². The lowest BCUT2D eigenvalue weighted by Gasteiger charge is -2.30. The summed E-state index contributed by atoms with van der Waals surface area (Å²) in [5.41, 5.74) is 8.06. The van der Waals surface area contributed by atoms with Crippen LogP contribution >= 0.6 is 0 Å². The molecule has 0 spiro atoms. The third-order valence-corrected chi connectivity index (χ3v) is 3.76. The van der Waals surface area contributed by atoms with Crippen LogP contribution in [0.4, 0.5) is 11.4 Å². The van der Waals surface area contributed by atoms with E-state index in [-0.39, 0.29) is 18.1 Å². The fourth-order valence-corrected chi connectivity index (χ4v) is 2.60. The molecule has 2 atom stereocenters. The van der Waals surface area contributed by atoms with E-state index in [2.05, 4.69) is 11.8 Å². The third-order valence-electron chi connectivity index (χ3n) is 3.76. The van der Waals surface area contributed by atoms with Crippen molar-refractivity contribution in [2.24, 2.45) is 0 Å². The normalized spacial score (nSPS) is 21.8. The fourth-order valence-electron chi connectivity index (χ4n) is 2.60. The number of benzene rings is 1. The van der Waals surface area contributed by atoms with Gasteiger partial charge in [0, 0.05) is 13.7 Å². The summed E-state index contributed by atoms with van der Waals surface area (Å²) in [6.07, 6.45) is 1.12.